The average molecular weight is 395 g/mol. The predicted molar refractivity (Wildman–Crippen MR) is 109 cm³/mol. The lowest BCUT2D eigenvalue weighted by Gasteiger charge is -2.25. The van der Waals surface area contributed by atoms with E-state index in [9.17, 15) is 14.4 Å². The Hall–Kier alpha value is -3.19. The van der Waals surface area contributed by atoms with Crippen molar-refractivity contribution in [1.82, 2.24) is 15.8 Å². The van der Waals surface area contributed by atoms with E-state index in [1.807, 2.05) is 63.4 Å². The van der Waals surface area contributed by atoms with Crippen molar-refractivity contribution in [2.24, 2.45) is 0 Å². The molecule has 4 amide bonds. The molecule has 0 bridgehead atoms. The molecular weight excluding hydrogens is 368 g/mol. The Morgan fingerprint density at radius 1 is 1.10 bits per heavy atom. The number of urea groups is 1. The highest BCUT2D eigenvalue weighted by Crippen LogP contribution is 2.31. The van der Waals surface area contributed by atoms with Crippen LogP contribution >= 0.6 is 0 Å². The molecule has 152 valence electrons. The molecule has 0 saturated carbocycles. The Kier molecular flexibility index (Phi) is 5.98. The number of rotatable bonds is 7. The molecule has 1 fully saturated rings. The first kappa shape index (κ1) is 20.5. The van der Waals surface area contributed by atoms with E-state index in [4.69, 9.17) is 0 Å². The van der Waals surface area contributed by atoms with Crippen LogP contribution in [-0.4, -0.2) is 36.4 Å². The Balaban J connectivity index is 1.66. The van der Waals surface area contributed by atoms with Crippen molar-refractivity contribution in [3.63, 3.8) is 0 Å². The maximum absolute atomic E-state index is 13.0. The molecular formula is C22H27N4O3+. The maximum Gasteiger partial charge on any atom is 0.344 e. The van der Waals surface area contributed by atoms with Crippen LogP contribution in [-0.2, 0) is 21.7 Å². The minimum Gasteiger partial charge on any atom is -0.326 e. The number of nitrogens with one attached hydrogen (secondary N) is 3. The molecule has 0 spiro atoms. The van der Waals surface area contributed by atoms with Crippen molar-refractivity contribution in [1.29, 1.82) is 0 Å². The second kappa shape index (κ2) is 8.45. The minimum atomic E-state index is -1.16. The first-order valence-corrected chi connectivity index (χ1v) is 9.75. The smallest absolute Gasteiger partial charge is 0.326 e. The van der Waals surface area contributed by atoms with Crippen molar-refractivity contribution in [2.45, 2.75) is 32.4 Å². The van der Waals surface area contributed by atoms with Gasteiger partial charge in [-0.1, -0.05) is 61.5 Å². The van der Waals surface area contributed by atoms with E-state index in [1.165, 1.54) is 0 Å². The van der Waals surface area contributed by atoms with E-state index in [0.717, 1.165) is 21.0 Å². The summed E-state index contributed by atoms with van der Waals surface area (Å²) in [5.74, 6) is -0.861. The SMILES string of the molecule is CC[C@@]1(c2ccccc2)NC(=O)N(NC(=O)C[NH+](C)Cc2ccccc2C)C1=O. The summed E-state index contributed by atoms with van der Waals surface area (Å²) in [5.41, 5.74) is 4.33. The highest BCUT2D eigenvalue weighted by atomic mass is 16.2. The number of benzene rings is 2. The van der Waals surface area contributed by atoms with Crippen molar-refractivity contribution in [2.75, 3.05) is 13.6 Å². The van der Waals surface area contributed by atoms with E-state index in [0.29, 0.717) is 18.5 Å². The van der Waals surface area contributed by atoms with Gasteiger partial charge >= 0.3 is 6.03 Å². The molecule has 7 heteroatoms. The molecule has 2 aromatic rings. The largest absolute Gasteiger partial charge is 0.344 e. The predicted octanol–water partition coefficient (Wildman–Crippen LogP) is 0.898. The molecule has 0 aliphatic carbocycles. The number of aryl methyl sites for hydroxylation is 1. The highest BCUT2D eigenvalue weighted by molar-refractivity contribution is 6.08. The third-order valence-electron chi connectivity index (χ3n) is 5.34. The van der Waals surface area contributed by atoms with Gasteiger partial charge in [-0.25, -0.2) is 4.79 Å². The number of hydrogen-bond acceptors (Lipinski definition) is 3. The van der Waals surface area contributed by atoms with E-state index in [1.54, 1.807) is 12.1 Å². The highest BCUT2D eigenvalue weighted by Gasteiger charge is 2.52. The third kappa shape index (κ3) is 4.14. The molecule has 2 aromatic carbocycles. The van der Waals surface area contributed by atoms with Gasteiger partial charge in [0.25, 0.3) is 11.8 Å². The second-order valence-corrected chi connectivity index (χ2v) is 7.47. The molecule has 3 rings (SSSR count). The zero-order chi connectivity index (χ0) is 21.0. The molecule has 0 aromatic heterocycles. The molecule has 1 unspecified atom stereocenters. The zero-order valence-electron chi connectivity index (χ0n) is 17.0. The molecule has 1 saturated heterocycles. The first-order chi connectivity index (χ1) is 13.9. The maximum atomic E-state index is 13.0. The molecule has 7 nitrogen and oxygen atoms in total. The van der Waals surface area contributed by atoms with Gasteiger partial charge < -0.3 is 10.2 Å². The summed E-state index contributed by atoms with van der Waals surface area (Å²) in [7, 11) is 1.90. The van der Waals surface area contributed by atoms with Gasteiger partial charge in [-0.2, -0.15) is 5.01 Å². The van der Waals surface area contributed by atoms with Gasteiger partial charge in [0.05, 0.1) is 7.05 Å². The van der Waals surface area contributed by atoms with Gasteiger partial charge in [0, 0.05) is 5.56 Å². The zero-order valence-corrected chi connectivity index (χ0v) is 17.0. The summed E-state index contributed by atoms with van der Waals surface area (Å²) in [6.07, 6.45) is 0.381. The molecule has 1 aliphatic heterocycles. The Morgan fingerprint density at radius 3 is 2.41 bits per heavy atom. The quantitative estimate of drug-likeness (QED) is 0.609. The Labute approximate surface area is 170 Å². The molecule has 3 N–H and O–H groups in total. The summed E-state index contributed by atoms with van der Waals surface area (Å²) < 4.78 is 0. The first-order valence-electron chi connectivity index (χ1n) is 9.75. The lowest BCUT2D eigenvalue weighted by molar-refractivity contribution is -0.885. The van der Waals surface area contributed by atoms with Gasteiger partial charge in [-0.3, -0.25) is 15.0 Å². The fraction of sp³-hybridized carbons (Fsp3) is 0.318. The number of hydrogen-bond donors (Lipinski definition) is 3. The lowest BCUT2D eigenvalue weighted by Crippen LogP contribution is -3.09. The van der Waals surface area contributed by atoms with Crippen LogP contribution in [0.25, 0.3) is 0 Å². The van der Waals surface area contributed by atoms with Gasteiger partial charge in [0.1, 0.15) is 12.1 Å². The van der Waals surface area contributed by atoms with Crippen molar-refractivity contribution in [3.8, 4) is 0 Å². The van der Waals surface area contributed by atoms with E-state index in [-0.39, 0.29) is 12.5 Å². The number of imide groups is 1. The average Bonchev–Trinajstić information content (AvgIpc) is 2.95. The Morgan fingerprint density at radius 2 is 1.76 bits per heavy atom. The van der Waals surface area contributed by atoms with Gasteiger partial charge in [0.2, 0.25) is 0 Å². The van der Waals surface area contributed by atoms with Gasteiger partial charge in [0.15, 0.2) is 6.54 Å². The topological polar surface area (TPSA) is 83.0 Å². The number of carbonyl (C=O) groups is 3. The van der Waals surface area contributed by atoms with Crippen LogP contribution in [0.1, 0.15) is 30.0 Å². The van der Waals surface area contributed by atoms with Gasteiger partial charge in [-0.05, 0) is 24.5 Å². The molecule has 1 aliphatic rings. The van der Waals surface area contributed by atoms with Crippen LogP contribution in [0.3, 0.4) is 0 Å². The molecule has 0 radical (unpaired) electrons. The van der Waals surface area contributed by atoms with Crippen LogP contribution in [0.4, 0.5) is 4.79 Å². The molecule has 2 atom stereocenters. The van der Waals surface area contributed by atoms with Crippen LogP contribution in [0.2, 0.25) is 0 Å². The van der Waals surface area contributed by atoms with Crippen LogP contribution in [0.5, 0.6) is 0 Å². The minimum absolute atomic E-state index is 0.135. The van der Waals surface area contributed by atoms with Crippen LogP contribution in [0.15, 0.2) is 54.6 Å². The van der Waals surface area contributed by atoms with E-state index < -0.39 is 17.5 Å². The number of nitrogens with zero attached hydrogens (tertiary/aromatic N) is 1. The summed E-state index contributed by atoms with van der Waals surface area (Å²) in [4.78, 5) is 39.0. The number of quaternary nitrogens is 1. The van der Waals surface area contributed by atoms with E-state index >= 15 is 0 Å². The summed E-state index contributed by atoms with van der Waals surface area (Å²) in [6, 6.07) is 16.5. The van der Waals surface area contributed by atoms with Crippen molar-refractivity contribution < 1.29 is 19.3 Å². The van der Waals surface area contributed by atoms with Crippen molar-refractivity contribution >= 4 is 17.8 Å². The van der Waals surface area contributed by atoms with E-state index in [2.05, 4.69) is 10.7 Å². The second-order valence-electron chi connectivity index (χ2n) is 7.47. The number of likely N-dealkylation sites (N-methyl/N-ethyl adjacent to an activating group) is 1. The fourth-order valence-electron chi connectivity index (χ4n) is 3.67. The third-order valence-corrected chi connectivity index (χ3v) is 5.34. The number of amides is 4. The number of hydrazine groups is 1. The number of carbonyl (C=O) groups excluding carboxylic acids is 3. The standard InChI is InChI=1S/C22H26N4O3/c1-4-22(18-12-6-5-7-13-18)20(28)26(21(29)23-22)24-19(27)15-25(3)14-17-11-9-8-10-16(17)2/h5-13H,4,14-15H2,1-3H3,(H,23,29)(H,24,27)/p+1/t22-/m0/s1. The summed E-state index contributed by atoms with van der Waals surface area (Å²) in [5, 5.41) is 3.56. The fourth-order valence-corrected chi connectivity index (χ4v) is 3.67. The van der Waals surface area contributed by atoms with Gasteiger partial charge in [-0.15, -0.1) is 0 Å². The molecule has 1 heterocycles. The Bertz CT molecular complexity index is 915. The molecule has 29 heavy (non-hydrogen) atoms. The van der Waals surface area contributed by atoms with Crippen LogP contribution in [0, 0.1) is 6.92 Å². The van der Waals surface area contributed by atoms with Crippen LogP contribution < -0.4 is 15.6 Å². The monoisotopic (exact) mass is 395 g/mol. The lowest BCUT2D eigenvalue weighted by atomic mass is 9.87. The summed E-state index contributed by atoms with van der Waals surface area (Å²) in [6.45, 7) is 4.67. The summed E-state index contributed by atoms with van der Waals surface area (Å²) >= 11 is 0. The van der Waals surface area contributed by atoms with Crippen molar-refractivity contribution in [3.05, 3.63) is 71.3 Å². The normalized spacial score (nSPS) is 19.8.